The number of fused-ring (bicyclic) bond motifs is 1. The molecule has 0 fully saturated rings. The summed E-state index contributed by atoms with van der Waals surface area (Å²) in [5.74, 6) is 0.987. The van der Waals surface area contributed by atoms with Crippen molar-refractivity contribution in [1.82, 2.24) is 15.1 Å². The molecule has 0 bridgehead atoms. The van der Waals surface area contributed by atoms with Gasteiger partial charge >= 0.3 is 0 Å². The van der Waals surface area contributed by atoms with Gasteiger partial charge in [0.05, 0.1) is 12.2 Å². The fraction of sp³-hybridized carbons (Fsp3) is 0.353. The molecule has 2 heterocycles. The summed E-state index contributed by atoms with van der Waals surface area (Å²) in [7, 11) is 1.94. The van der Waals surface area contributed by atoms with Gasteiger partial charge in [0.1, 0.15) is 11.3 Å². The van der Waals surface area contributed by atoms with Gasteiger partial charge in [0.25, 0.3) is 0 Å². The number of nitrogens with zero attached hydrogens (tertiary/aromatic N) is 2. The summed E-state index contributed by atoms with van der Waals surface area (Å²) in [6.07, 6.45) is 4.84. The second kappa shape index (κ2) is 5.74. The third-order valence-corrected chi connectivity index (χ3v) is 3.68. The number of hydrogen-bond acceptors (Lipinski definition) is 3. The Balaban J connectivity index is 1.90. The van der Waals surface area contributed by atoms with E-state index in [1.165, 1.54) is 16.5 Å². The summed E-state index contributed by atoms with van der Waals surface area (Å²) in [5.41, 5.74) is 3.41. The highest BCUT2D eigenvalue weighted by Gasteiger charge is 2.17. The van der Waals surface area contributed by atoms with Gasteiger partial charge in [-0.1, -0.05) is 18.6 Å². The van der Waals surface area contributed by atoms with Crippen LogP contribution in [0.3, 0.4) is 0 Å². The Morgan fingerprint density at radius 2 is 2.19 bits per heavy atom. The maximum absolute atomic E-state index is 6.03. The van der Waals surface area contributed by atoms with E-state index < -0.39 is 0 Å². The van der Waals surface area contributed by atoms with Gasteiger partial charge in [-0.25, -0.2) is 0 Å². The highest BCUT2D eigenvalue weighted by atomic mass is 16.3. The summed E-state index contributed by atoms with van der Waals surface area (Å²) < 4.78 is 7.86. The van der Waals surface area contributed by atoms with Crippen LogP contribution in [-0.2, 0) is 13.5 Å². The fourth-order valence-corrected chi connectivity index (χ4v) is 2.69. The van der Waals surface area contributed by atoms with E-state index in [1.807, 2.05) is 24.0 Å². The van der Waals surface area contributed by atoms with Crippen molar-refractivity contribution in [1.29, 1.82) is 0 Å². The summed E-state index contributed by atoms with van der Waals surface area (Å²) in [6.45, 7) is 5.12. The number of aryl methyl sites for hydroxylation is 2. The number of rotatable bonds is 5. The third-order valence-electron chi connectivity index (χ3n) is 3.68. The number of nitrogens with one attached hydrogen (secondary N) is 1. The molecular weight excluding hydrogens is 262 g/mol. The minimum absolute atomic E-state index is 0.173. The lowest BCUT2D eigenvalue weighted by molar-refractivity contribution is 0.435. The number of benzene rings is 1. The van der Waals surface area contributed by atoms with Crippen LogP contribution in [0.5, 0.6) is 0 Å². The van der Waals surface area contributed by atoms with E-state index in [0.29, 0.717) is 0 Å². The molecule has 0 aliphatic rings. The van der Waals surface area contributed by atoms with E-state index in [0.717, 1.165) is 24.3 Å². The van der Waals surface area contributed by atoms with Gasteiger partial charge in [-0.15, -0.1) is 0 Å². The molecule has 0 spiro atoms. The first-order chi connectivity index (χ1) is 10.2. The minimum Gasteiger partial charge on any atom is -0.459 e. The minimum atomic E-state index is 0.173. The predicted molar refractivity (Wildman–Crippen MR) is 84.3 cm³/mol. The van der Waals surface area contributed by atoms with Crippen molar-refractivity contribution in [3.8, 4) is 0 Å². The summed E-state index contributed by atoms with van der Waals surface area (Å²) >= 11 is 0. The topological polar surface area (TPSA) is 43.0 Å². The third kappa shape index (κ3) is 3.00. The maximum Gasteiger partial charge on any atom is 0.134 e. The van der Waals surface area contributed by atoms with Crippen molar-refractivity contribution in [2.75, 3.05) is 6.54 Å². The first-order valence-electron chi connectivity index (χ1n) is 7.36. The maximum atomic E-state index is 6.03. The molecule has 3 rings (SSSR count). The lowest BCUT2D eigenvalue weighted by atomic mass is 10.1. The van der Waals surface area contributed by atoms with Crippen LogP contribution < -0.4 is 5.32 Å². The van der Waals surface area contributed by atoms with Crippen LogP contribution in [0, 0.1) is 6.92 Å². The quantitative estimate of drug-likeness (QED) is 0.780. The number of hydrogen-bond donors (Lipinski definition) is 1. The van der Waals surface area contributed by atoms with Crippen LogP contribution in [0.2, 0.25) is 0 Å². The molecule has 1 N–H and O–H groups in total. The zero-order valence-corrected chi connectivity index (χ0v) is 12.8. The number of likely N-dealkylation sites (N-methyl/N-ethyl adjacent to an activating group) is 1. The Bertz CT molecular complexity index is 741. The van der Waals surface area contributed by atoms with E-state index in [9.17, 15) is 0 Å². The van der Waals surface area contributed by atoms with E-state index in [4.69, 9.17) is 4.42 Å². The van der Waals surface area contributed by atoms with Crippen molar-refractivity contribution in [2.24, 2.45) is 7.05 Å². The van der Waals surface area contributed by atoms with Gasteiger partial charge in [-0.05, 0) is 43.7 Å². The zero-order chi connectivity index (χ0) is 14.8. The summed E-state index contributed by atoms with van der Waals surface area (Å²) in [4.78, 5) is 0. The van der Waals surface area contributed by atoms with Gasteiger partial charge in [-0.3, -0.25) is 4.68 Å². The molecule has 21 heavy (non-hydrogen) atoms. The highest BCUT2D eigenvalue weighted by Crippen LogP contribution is 2.26. The molecule has 110 valence electrons. The molecule has 1 unspecified atom stereocenters. The monoisotopic (exact) mass is 283 g/mol. The van der Waals surface area contributed by atoms with E-state index in [1.54, 1.807) is 0 Å². The molecule has 0 aliphatic heterocycles. The SMILES string of the molecule is CCNC(Cc1cnn(C)c1)c1cc2cc(C)ccc2o1. The normalized spacial score (nSPS) is 12.9. The van der Waals surface area contributed by atoms with Crippen molar-refractivity contribution in [2.45, 2.75) is 26.3 Å². The molecule has 2 aromatic heterocycles. The first kappa shape index (κ1) is 13.9. The first-order valence-corrected chi connectivity index (χ1v) is 7.36. The Labute approximate surface area is 124 Å². The van der Waals surface area contributed by atoms with Gasteiger partial charge in [0, 0.05) is 18.6 Å². The molecule has 1 atom stereocenters. The smallest absolute Gasteiger partial charge is 0.134 e. The van der Waals surface area contributed by atoms with E-state index in [-0.39, 0.29) is 6.04 Å². The Hall–Kier alpha value is -2.07. The second-order valence-electron chi connectivity index (χ2n) is 5.53. The standard InChI is InChI=1S/C17H21N3O/c1-4-18-15(8-13-10-19-20(3)11-13)17-9-14-7-12(2)5-6-16(14)21-17/h5-7,9-11,15,18H,4,8H2,1-3H3. The van der Waals surface area contributed by atoms with Crippen molar-refractivity contribution in [3.05, 3.63) is 53.5 Å². The lowest BCUT2D eigenvalue weighted by Crippen LogP contribution is -2.22. The van der Waals surface area contributed by atoms with Crippen molar-refractivity contribution < 1.29 is 4.42 Å². The van der Waals surface area contributed by atoms with Gasteiger partial charge in [0.15, 0.2) is 0 Å². The van der Waals surface area contributed by atoms with Crippen LogP contribution in [0.4, 0.5) is 0 Å². The van der Waals surface area contributed by atoms with Crippen LogP contribution in [-0.4, -0.2) is 16.3 Å². The molecule has 0 amide bonds. The molecule has 1 aromatic carbocycles. The average Bonchev–Trinajstić information content (AvgIpc) is 3.04. The van der Waals surface area contributed by atoms with Crippen LogP contribution in [0.25, 0.3) is 11.0 Å². The summed E-state index contributed by atoms with van der Waals surface area (Å²) in [5, 5.41) is 8.90. The number of furan rings is 1. The van der Waals surface area contributed by atoms with Crippen LogP contribution >= 0.6 is 0 Å². The van der Waals surface area contributed by atoms with Gasteiger partial charge in [-0.2, -0.15) is 5.10 Å². The van der Waals surface area contributed by atoms with Gasteiger partial charge in [0.2, 0.25) is 0 Å². The molecule has 4 heteroatoms. The predicted octanol–water partition coefficient (Wildman–Crippen LogP) is 3.37. The summed E-state index contributed by atoms with van der Waals surface area (Å²) in [6, 6.07) is 8.61. The zero-order valence-electron chi connectivity index (χ0n) is 12.8. The van der Waals surface area contributed by atoms with E-state index in [2.05, 4.69) is 48.7 Å². The highest BCUT2D eigenvalue weighted by molar-refractivity contribution is 5.78. The average molecular weight is 283 g/mol. The van der Waals surface area contributed by atoms with Crippen LogP contribution in [0.15, 0.2) is 41.1 Å². The largest absolute Gasteiger partial charge is 0.459 e. The molecule has 3 aromatic rings. The van der Waals surface area contributed by atoms with Crippen LogP contribution in [0.1, 0.15) is 29.9 Å². The fourth-order valence-electron chi connectivity index (χ4n) is 2.69. The Morgan fingerprint density at radius 3 is 2.90 bits per heavy atom. The molecule has 0 aliphatic carbocycles. The molecular formula is C17H21N3O. The Morgan fingerprint density at radius 1 is 1.33 bits per heavy atom. The van der Waals surface area contributed by atoms with E-state index >= 15 is 0 Å². The number of aromatic nitrogens is 2. The molecule has 0 saturated carbocycles. The van der Waals surface area contributed by atoms with Crippen molar-refractivity contribution in [3.63, 3.8) is 0 Å². The molecule has 4 nitrogen and oxygen atoms in total. The molecule has 0 saturated heterocycles. The van der Waals surface area contributed by atoms with Gasteiger partial charge < -0.3 is 9.73 Å². The Kier molecular flexibility index (Phi) is 3.80. The van der Waals surface area contributed by atoms with Crippen molar-refractivity contribution >= 4 is 11.0 Å². The lowest BCUT2D eigenvalue weighted by Gasteiger charge is -2.14. The molecule has 0 radical (unpaired) electrons. The second-order valence-corrected chi connectivity index (χ2v) is 5.53.